The fraction of sp³-hybridized carbons (Fsp3) is 0.120. The van der Waals surface area contributed by atoms with Crippen LogP contribution in [0, 0.1) is 19.7 Å². The Hall–Kier alpha value is -3.33. The number of rotatable bonds is 3. The summed E-state index contributed by atoms with van der Waals surface area (Å²) in [6, 6.07) is 23.7. The molecule has 0 radical (unpaired) electrons. The molecule has 28 heavy (non-hydrogen) atoms. The summed E-state index contributed by atoms with van der Waals surface area (Å²) in [5, 5.41) is 2.41. The molecule has 0 aliphatic heterocycles. The van der Waals surface area contributed by atoms with E-state index < -0.39 is 0 Å². The molecule has 2 heterocycles. The Bertz CT molecular complexity index is 1210. The number of halogens is 1. The van der Waals surface area contributed by atoms with Crippen LogP contribution < -0.4 is 0 Å². The first kappa shape index (κ1) is 16.8. The molecule has 2 N–H and O–H groups in total. The number of hydrogen-bond acceptors (Lipinski definition) is 0. The van der Waals surface area contributed by atoms with E-state index in [1.54, 1.807) is 12.1 Å². The summed E-state index contributed by atoms with van der Waals surface area (Å²) in [5.41, 5.74) is 8.10. The van der Waals surface area contributed by atoms with E-state index in [1.807, 2.05) is 24.3 Å². The monoisotopic (exact) mass is 368 g/mol. The summed E-state index contributed by atoms with van der Waals surface area (Å²) in [6.07, 6.45) is 0. The number of hydrogen-bond donors (Lipinski definition) is 2. The van der Waals surface area contributed by atoms with E-state index in [4.69, 9.17) is 0 Å². The molecule has 0 unspecified atom stereocenters. The van der Waals surface area contributed by atoms with Crippen molar-refractivity contribution in [3.05, 3.63) is 107 Å². The van der Waals surface area contributed by atoms with Gasteiger partial charge in [0.15, 0.2) is 0 Å². The molecule has 0 bridgehead atoms. The number of para-hydroxylation sites is 2. The van der Waals surface area contributed by atoms with Crippen LogP contribution in [0.25, 0.3) is 21.8 Å². The normalized spacial score (nSPS) is 11.7. The highest BCUT2D eigenvalue weighted by molar-refractivity contribution is 5.90. The molecule has 0 aliphatic rings. The van der Waals surface area contributed by atoms with Crippen molar-refractivity contribution in [2.24, 2.45) is 0 Å². The lowest BCUT2D eigenvalue weighted by Gasteiger charge is -2.20. The van der Waals surface area contributed by atoms with Crippen molar-refractivity contribution < 1.29 is 4.39 Å². The van der Waals surface area contributed by atoms with Crippen molar-refractivity contribution in [1.82, 2.24) is 9.97 Å². The zero-order valence-corrected chi connectivity index (χ0v) is 15.9. The predicted molar refractivity (Wildman–Crippen MR) is 113 cm³/mol. The standard InChI is InChI=1S/C25H21FN2/c1-15-23(19-7-3-5-9-21(19)27-15)25(17-11-13-18(26)14-12-17)24-16(2)28-22-10-6-4-8-20(22)24/h3-14,25,27-28H,1-2H3. The van der Waals surface area contributed by atoms with Crippen LogP contribution in [0.1, 0.15) is 34.0 Å². The predicted octanol–water partition coefficient (Wildman–Crippen LogP) is 6.59. The SMILES string of the molecule is Cc1[nH]c2ccccc2c1C(c1ccc(F)cc1)c1c(C)[nH]c2ccccc12. The third-order valence-corrected chi connectivity index (χ3v) is 5.67. The van der Waals surface area contributed by atoms with Gasteiger partial charge in [-0.2, -0.15) is 0 Å². The second kappa shape index (κ2) is 6.38. The molecule has 0 fully saturated rings. The van der Waals surface area contributed by atoms with Crippen LogP contribution >= 0.6 is 0 Å². The van der Waals surface area contributed by atoms with Crippen LogP contribution in [-0.4, -0.2) is 9.97 Å². The Kier molecular flexibility index (Phi) is 3.83. The summed E-state index contributed by atoms with van der Waals surface area (Å²) < 4.78 is 13.7. The van der Waals surface area contributed by atoms with Gasteiger partial charge in [0.1, 0.15) is 5.82 Å². The number of nitrogens with one attached hydrogen (secondary N) is 2. The number of aromatic amines is 2. The number of H-pyrrole nitrogens is 2. The fourth-order valence-corrected chi connectivity index (χ4v) is 4.47. The lowest BCUT2D eigenvalue weighted by atomic mass is 9.82. The molecule has 5 aromatic rings. The van der Waals surface area contributed by atoms with Crippen LogP contribution in [0.3, 0.4) is 0 Å². The molecular weight excluding hydrogens is 347 g/mol. The summed E-state index contributed by atoms with van der Waals surface area (Å²) >= 11 is 0. The van der Waals surface area contributed by atoms with Crippen LogP contribution in [0.15, 0.2) is 72.8 Å². The zero-order chi connectivity index (χ0) is 19.3. The summed E-state index contributed by atoms with van der Waals surface area (Å²) in [6.45, 7) is 4.24. The zero-order valence-electron chi connectivity index (χ0n) is 15.9. The van der Waals surface area contributed by atoms with Gasteiger partial charge in [-0.25, -0.2) is 4.39 Å². The van der Waals surface area contributed by atoms with Crippen molar-refractivity contribution in [3.8, 4) is 0 Å². The topological polar surface area (TPSA) is 31.6 Å². The van der Waals surface area contributed by atoms with Gasteiger partial charge >= 0.3 is 0 Å². The molecule has 3 aromatic carbocycles. The minimum absolute atomic E-state index is 0.00731. The molecule has 2 aromatic heterocycles. The lowest BCUT2D eigenvalue weighted by molar-refractivity contribution is 0.627. The summed E-state index contributed by atoms with van der Waals surface area (Å²) in [7, 11) is 0. The molecule has 3 heteroatoms. The lowest BCUT2D eigenvalue weighted by Crippen LogP contribution is -2.06. The van der Waals surface area contributed by atoms with E-state index >= 15 is 0 Å². The van der Waals surface area contributed by atoms with Gasteiger partial charge < -0.3 is 9.97 Å². The van der Waals surface area contributed by atoms with E-state index in [0.29, 0.717) is 0 Å². The number of fused-ring (bicyclic) bond motifs is 2. The summed E-state index contributed by atoms with van der Waals surface area (Å²) in [4.78, 5) is 7.07. The third kappa shape index (κ3) is 2.55. The highest BCUT2D eigenvalue weighted by Gasteiger charge is 2.26. The van der Waals surface area contributed by atoms with Crippen molar-refractivity contribution in [2.45, 2.75) is 19.8 Å². The minimum Gasteiger partial charge on any atom is -0.358 e. The molecule has 0 spiro atoms. The maximum atomic E-state index is 13.7. The van der Waals surface area contributed by atoms with Crippen LogP contribution in [0.4, 0.5) is 4.39 Å². The molecule has 2 nitrogen and oxygen atoms in total. The minimum atomic E-state index is -0.214. The van der Waals surface area contributed by atoms with E-state index in [-0.39, 0.29) is 11.7 Å². The van der Waals surface area contributed by atoms with Gasteiger partial charge in [0, 0.05) is 39.1 Å². The van der Waals surface area contributed by atoms with Crippen molar-refractivity contribution in [2.75, 3.05) is 0 Å². The van der Waals surface area contributed by atoms with Crippen molar-refractivity contribution >= 4 is 21.8 Å². The highest BCUT2D eigenvalue weighted by atomic mass is 19.1. The van der Waals surface area contributed by atoms with E-state index in [0.717, 1.165) is 28.0 Å². The second-order valence-electron chi connectivity index (χ2n) is 7.40. The number of aryl methyl sites for hydroxylation is 2. The van der Waals surface area contributed by atoms with Gasteiger partial charge in [-0.05, 0) is 54.8 Å². The molecular formula is C25H21FN2. The largest absolute Gasteiger partial charge is 0.358 e. The first-order valence-corrected chi connectivity index (χ1v) is 9.53. The molecule has 0 aliphatic carbocycles. The van der Waals surface area contributed by atoms with E-state index in [1.165, 1.54) is 21.9 Å². The molecule has 5 rings (SSSR count). The number of benzene rings is 3. The Morgan fingerprint density at radius 3 is 1.61 bits per heavy atom. The fourth-order valence-electron chi connectivity index (χ4n) is 4.47. The van der Waals surface area contributed by atoms with Crippen molar-refractivity contribution in [1.29, 1.82) is 0 Å². The van der Waals surface area contributed by atoms with Gasteiger partial charge in [-0.1, -0.05) is 48.5 Å². The first-order valence-electron chi connectivity index (χ1n) is 9.53. The molecule has 0 saturated carbocycles. The Morgan fingerprint density at radius 1 is 0.643 bits per heavy atom. The van der Waals surface area contributed by atoms with Gasteiger partial charge in [0.05, 0.1) is 0 Å². The molecule has 0 atom stereocenters. The Labute approximate surface area is 163 Å². The summed E-state index contributed by atoms with van der Waals surface area (Å²) in [5.74, 6) is -0.207. The second-order valence-corrected chi connectivity index (χ2v) is 7.40. The van der Waals surface area contributed by atoms with E-state index in [2.05, 4.69) is 60.2 Å². The Morgan fingerprint density at radius 2 is 1.11 bits per heavy atom. The van der Waals surface area contributed by atoms with E-state index in [9.17, 15) is 4.39 Å². The molecule has 138 valence electrons. The maximum absolute atomic E-state index is 13.7. The average molecular weight is 368 g/mol. The smallest absolute Gasteiger partial charge is 0.123 e. The highest BCUT2D eigenvalue weighted by Crippen LogP contribution is 2.42. The maximum Gasteiger partial charge on any atom is 0.123 e. The molecule has 0 saturated heterocycles. The first-order chi connectivity index (χ1) is 13.6. The van der Waals surface area contributed by atoms with Crippen LogP contribution in [0.5, 0.6) is 0 Å². The van der Waals surface area contributed by atoms with Crippen LogP contribution in [0.2, 0.25) is 0 Å². The number of aromatic nitrogens is 2. The molecule has 0 amide bonds. The van der Waals surface area contributed by atoms with Gasteiger partial charge in [0.2, 0.25) is 0 Å². The van der Waals surface area contributed by atoms with Gasteiger partial charge in [-0.15, -0.1) is 0 Å². The van der Waals surface area contributed by atoms with Crippen molar-refractivity contribution in [3.63, 3.8) is 0 Å². The third-order valence-electron chi connectivity index (χ3n) is 5.67. The van der Waals surface area contributed by atoms with Gasteiger partial charge in [-0.3, -0.25) is 0 Å². The quantitative estimate of drug-likeness (QED) is 0.360. The van der Waals surface area contributed by atoms with Gasteiger partial charge in [0.25, 0.3) is 0 Å². The average Bonchev–Trinajstić information content (AvgIpc) is 3.20. The van der Waals surface area contributed by atoms with Crippen LogP contribution in [-0.2, 0) is 0 Å². The Balaban J connectivity index is 1.87.